The lowest BCUT2D eigenvalue weighted by atomic mass is 9.72. The van der Waals surface area contributed by atoms with Gasteiger partial charge in [-0.15, -0.1) is 0 Å². The van der Waals surface area contributed by atoms with Crippen LogP contribution in [0.4, 0.5) is 16.2 Å². The van der Waals surface area contributed by atoms with Crippen molar-refractivity contribution in [1.29, 1.82) is 0 Å². The molecule has 6 heterocycles. The molecule has 0 atom stereocenters. The highest BCUT2D eigenvalue weighted by molar-refractivity contribution is 5.85. The van der Waals surface area contributed by atoms with Crippen LogP contribution in [0.2, 0.25) is 0 Å². The molecule has 0 unspecified atom stereocenters. The summed E-state index contributed by atoms with van der Waals surface area (Å²) in [4.78, 5) is 38.0. The number of alkyl carbamates (subject to hydrolysis) is 1. The number of carbonyl (C=O) groups is 1. The fourth-order valence-electron chi connectivity index (χ4n) is 11.9. The van der Waals surface area contributed by atoms with Crippen molar-refractivity contribution >= 4 is 39.8 Å². The number of nitrogens with zero attached hydrogens (tertiary/aromatic N) is 8. The Labute approximate surface area is 484 Å². The third-order valence-corrected chi connectivity index (χ3v) is 16.7. The van der Waals surface area contributed by atoms with Crippen LogP contribution in [0.3, 0.4) is 0 Å². The quantitative estimate of drug-likeness (QED) is 0.127. The number of pyridine rings is 2. The summed E-state index contributed by atoms with van der Waals surface area (Å²) in [6.45, 7) is 12.2. The van der Waals surface area contributed by atoms with Crippen molar-refractivity contribution in [3.63, 3.8) is 0 Å². The molecule has 14 nitrogen and oxygen atoms in total. The first-order valence-corrected chi connectivity index (χ1v) is 29.2. The summed E-state index contributed by atoms with van der Waals surface area (Å²) in [6.07, 6.45) is 5.72. The van der Waals surface area contributed by atoms with Crippen LogP contribution in [-0.2, 0) is 25.3 Å². The van der Waals surface area contributed by atoms with Crippen molar-refractivity contribution in [2.24, 2.45) is 5.73 Å². The molecule has 2 aliphatic carbocycles. The van der Waals surface area contributed by atoms with E-state index in [1.807, 2.05) is 57.2 Å². The molecular weight excluding hydrogens is 1030 g/mol. The second-order valence-corrected chi connectivity index (χ2v) is 23.3. The van der Waals surface area contributed by atoms with Gasteiger partial charge in [-0.2, -0.15) is 0 Å². The van der Waals surface area contributed by atoms with Crippen LogP contribution in [0.1, 0.15) is 70.4 Å². The van der Waals surface area contributed by atoms with E-state index in [1.54, 1.807) is 0 Å². The number of aromatic nitrogens is 6. The minimum Gasteiger partial charge on any atom is -0.444 e. The molecule has 420 valence electrons. The van der Waals surface area contributed by atoms with Crippen LogP contribution in [0, 0.1) is 0 Å². The van der Waals surface area contributed by atoms with E-state index < -0.39 is 11.1 Å². The standard InChI is InChI=1S/C37H39N5O3.C32H31N5O/c1-36(2,3)45-35(43)40-37(19-8-20-37)28-13-15-29(16-14-28)42-33(26-9-5-4-6-10-26)39-32-18-17-31(38-34(32)42)27-11-7-12-30(25-27)41-21-23-44-24-22-41;33-32(16-5-17-32)25-10-12-26(13-11-25)37-30(23-6-2-1-3-7-23)35-29-15-14-28(34-31(29)37)24-8-4-9-27(22-24)36-18-20-38-21-19-36/h4-7,9-18,25H,8,19-24H2,1-3H3,(H,40,43);1-4,6-15,22H,5,16-21,33H2. The molecule has 4 fully saturated rings. The second-order valence-electron chi connectivity index (χ2n) is 23.3. The zero-order chi connectivity index (χ0) is 56.5. The van der Waals surface area contributed by atoms with E-state index in [0.717, 1.165) is 169 Å². The summed E-state index contributed by atoms with van der Waals surface area (Å²) >= 11 is 0. The molecule has 14 heteroatoms. The molecular formula is C69H70N10O4. The third-order valence-electron chi connectivity index (χ3n) is 16.7. The summed E-state index contributed by atoms with van der Waals surface area (Å²) in [5.74, 6) is 1.71. The lowest BCUT2D eigenvalue weighted by molar-refractivity contribution is 0.0377. The van der Waals surface area contributed by atoms with E-state index >= 15 is 0 Å². The Morgan fingerprint density at radius 3 is 1.34 bits per heavy atom. The number of benzene rings is 6. The van der Waals surface area contributed by atoms with Crippen molar-refractivity contribution in [1.82, 2.24) is 34.4 Å². The van der Waals surface area contributed by atoms with Gasteiger partial charge < -0.3 is 35.1 Å². The SMILES string of the molecule is CC(C)(C)OC(=O)NC1(c2ccc(-n3c(-c4ccccc4)nc4ccc(-c5cccc(N6CCOCC6)c5)nc43)cc2)CCC1.NC1(c2ccc(-n3c(-c4ccccc4)nc4ccc(-c5cccc(N6CCOCC6)c5)nc43)cc2)CCC1. The number of nitrogens with two attached hydrogens (primary N) is 1. The second kappa shape index (κ2) is 22.6. The van der Waals surface area contributed by atoms with E-state index in [4.69, 9.17) is 39.9 Å². The number of nitrogens with one attached hydrogen (secondary N) is 1. The first kappa shape index (κ1) is 53.6. The summed E-state index contributed by atoms with van der Waals surface area (Å²) in [5, 5.41) is 3.17. The largest absolute Gasteiger partial charge is 0.444 e. The van der Waals surface area contributed by atoms with Gasteiger partial charge in [0.25, 0.3) is 0 Å². The molecule has 0 bridgehead atoms. The molecule has 2 saturated carbocycles. The van der Waals surface area contributed by atoms with Gasteiger partial charge in [0.15, 0.2) is 11.3 Å². The van der Waals surface area contributed by atoms with Crippen LogP contribution in [-0.4, -0.2) is 93.4 Å². The predicted octanol–water partition coefficient (Wildman–Crippen LogP) is 13.4. The molecule has 0 radical (unpaired) electrons. The number of fused-ring (bicyclic) bond motifs is 2. The number of hydrogen-bond donors (Lipinski definition) is 2. The topological polar surface area (TPSA) is 151 Å². The smallest absolute Gasteiger partial charge is 0.408 e. The fourth-order valence-corrected chi connectivity index (χ4v) is 11.9. The maximum Gasteiger partial charge on any atom is 0.408 e. The molecule has 2 aliphatic heterocycles. The number of carbonyl (C=O) groups excluding carboxylic acids is 1. The van der Waals surface area contributed by atoms with Crippen molar-refractivity contribution in [2.75, 3.05) is 62.4 Å². The molecule has 4 aliphatic rings. The van der Waals surface area contributed by atoms with E-state index in [0.29, 0.717) is 0 Å². The molecule has 83 heavy (non-hydrogen) atoms. The minimum absolute atomic E-state index is 0.186. The summed E-state index contributed by atoms with van der Waals surface area (Å²) in [7, 11) is 0. The maximum atomic E-state index is 12.7. The van der Waals surface area contributed by atoms with Crippen molar-refractivity contribution in [3.05, 3.63) is 193 Å². The highest BCUT2D eigenvalue weighted by atomic mass is 16.6. The predicted molar refractivity (Wildman–Crippen MR) is 330 cm³/mol. The highest BCUT2D eigenvalue weighted by Gasteiger charge is 2.41. The molecule has 3 N–H and O–H groups in total. The number of morpholine rings is 2. The average Bonchev–Trinajstić information content (AvgIpc) is 4.35. The average molecular weight is 1100 g/mol. The number of ether oxygens (including phenoxy) is 3. The van der Waals surface area contributed by atoms with Crippen LogP contribution >= 0.6 is 0 Å². The van der Waals surface area contributed by atoms with Crippen molar-refractivity contribution < 1.29 is 19.0 Å². The zero-order valence-corrected chi connectivity index (χ0v) is 47.5. The molecule has 1 amide bonds. The lowest BCUT2D eigenvalue weighted by Crippen LogP contribution is -2.52. The van der Waals surface area contributed by atoms with Crippen LogP contribution < -0.4 is 20.9 Å². The monoisotopic (exact) mass is 1100 g/mol. The van der Waals surface area contributed by atoms with Gasteiger partial charge in [-0.1, -0.05) is 109 Å². The Bertz CT molecular complexity index is 3910. The zero-order valence-electron chi connectivity index (χ0n) is 47.5. The highest BCUT2D eigenvalue weighted by Crippen LogP contribution is 2.43. The maximum absolute atomic E-state index is 12.7. The van der Waals surface area contributed by atoms with Gasteiger partial charge in [-0.25, -0.2) is 24.7 Å². The molecule has 10 aromatic rings. The van der Waals surface area contributed by atoms with Crippen LogP contribution in [0.15, 0.2) is 182 Å². The van der Waals surface area contributed by atoms with Crippen LogP contribution in [0.5, 0.6) is 0 Å². The molecule has 4 aromatic heterocycles. The Kier molecular flexibility index (Phi) is 14.6. The molecule has 6 aromatic carbocycles. The van der Waals surface area contributed by atoms with Gasteiger partial charge in [0.1, 0.15) is 28.3 Å². The van der Waals surface area contributed by atoms with Gasteiger partial charge in [0, 0.05) is 76.7 Å². The molecule has 2 saturated heterocycles. The van der Waals surface area contributed by atoms with Crippen LogP contribution in [0.25, 0.3) is 79.0 Å². The van der Waals surface area contributed by atoms with E-state index in [2.05, 4.69) is 170 Å². The summed E-state index contributed by atoms with van der Waals surface area (Å²) in [5.41, 5.74) is 21.5. The Balaban J connectivity index is 0.000000157. The van der Waals surface area contributed by atoms with Gasteiger partial charge in [-0.3, -0.25) is 9.13 Å². The molecule has 0 spiro atoms. The van der Waals surface area contributed by atoms with E-state index in [1.165, 1.54) is 23.4 Å². The van der Waals surface area contributed by atoms with Gasteiger partial charge in [-0.05, 0) is 143 Å². The van der Waals surface area contributed by atoms with E-state index in [-0.39, 0.29) is 11.6 Å². The number of anilines is 2. The van der Waals surface area contributed by atoms with Gasteiger partial charge in [0.05, 0.1) is 43.4 Å². The van der Waals surface area contributed by atoms with Crippen molar-refractivity contribution in [2.45, 2.75) is 76.0 Å². The Hall–Kier alpha value is -8.69. The normalized spacial score (nSPS) is 16.6. The summed E-state index contributed by atoms with van der Waals surface area (Å²) < 4.78 is 21.0. The molecule has 14 rings (SSSR count). The van der Waals surface area contributed by atoms with Gasteiger partial charge >= 0.3 is 6.09 Å². The van der Waals surface area contributed by atoms with Crippen molar-refractivity contribution in [3.8, 4) is 56.7 Å². The first-order chi connectivity index (χ1) is 40.5. The first-order valence-electron chi connectivity index (χ1n) is 29.2. The van der Waals surface area contributed by atoms with Gasteiger partial charge in [0.2, 0.25) is 0 Å². The number of imidazole rings is 2. The van der Waals surface area contributed by atoms with E-state index in [9.17, 15) is 4.79 Å². The summed E-state index contributed by atoms with van der Waals surface area (Å²) in [6, 6.07) is 63.1. The Morgan fingerprint density at radius 2 is 0.928 bits per heavy atom. The number of hydrogen-bond acceptors (Lipinski definition) is 11. The lowest BCUT2D eigenvalue weighted by Gasteiger charge is -2.43. The minimum atomic E-state index is -0.551. The number of amides is 1. The number of rotatable bonds is 11. The fraction of sp³-hybridized carbons (Fsp3) is 0.290. The Morgan fingerprint density at radius 1 is 0.494 bits per heavy atom. The third kappa shape index (κ3) is 11.1.